The summed E-state index contributed by atoms with van der Waals surface area (Å²) in [6, 6.07) is 14.9. The van der Waals surface area contributed by atoms with Gasteiger partial charge in [-0.1, -0.05) is 23.7 Å². The molecule has 0 aliphatic carbocycles. The van der Waals surface area contributed by atoms with Crippen molar-refractivity contribution >= 4 is 28.3 Å². The molecule has 2 heterocycles. The van der Waals surface area contributed by atoms with Gasteiger partial charge in [0.2, 0.25) is 5.65 Å². The maximum Gasteiger partial charge on any atom is 0.266 e. The average Bonchev–Trinajstić information content (AvgIpc) is 2.92. The Morgan fingerprint density at radius 1 is 1.00 bits per heavy atom. The summed E-state index contributed by atoms with van der Waals surface area (Å²) in [6.07, 6.45) is 0. The van der Waals surface area contributed by atoms with Crippen molar-refractivity contribution in [3.05, 3.63) is 59.4 Å². The molecule has 108 valence electrons. The first-order valence-corrected chi connectivity index (χ1v) is 7.14. The van der Waals surface area contributed by atoms with E-state index in [0.29, 0.717) is 22.3 Å². The number of nitrogens with zero attached hydrogens (tertiary/aromatic N) is 4. The molecular formula is C16H11ClN4O. The highest BCUT2D eigenvalue weighted by molar-refractivity contribution is 6.30. The van der Waals surface area contributed by atoms with Crippen molar-refractivity contribution in [3.8, 4) is 11.6 Å². The Hall–Kier alpha value is -2.66. The van der Waals surface area contributed by atoms with Crippen molar-refractivity contribution in [1.82, 2.24) is 19.6 Å². The van der Waals surface area contributed by atoms with Crippen LogP contribution < -0.4 is 4.74 Å². The first kappa shape index (κ1) is 13.0. The Bertz CT molecular complexity index is 979. The van der Waals surface area contributed by atoms with E-state index in [4.69, 9.17) is 16.3 Å². The summed E-state index contributed by atoms with van der Waals surface area (Å²) in [4.78, 5) is 4.56. The predicted molar refractivity (Wildman–Crippen MR) is 84.6 cm³/mol. The highest BCUT2D eigenvalue weighted by atomic mass is 35.5. The Labute approximate surface area is 131 Å². The van der Waals surface area contributed by atoms with Crippen LogP contribution in [0, 0.1) is 6.92 Å². The predicted octanol–water partition coefficient (Wildman–Crippen LogP) is 4.03. The topological polar surface area (TPSA) is 52.3 Å². The molecule has 5 nitrogen and oxygen atoms in total. The Morgan fingerprint density at radius 3 is 2.59 bits per heavy atom. The van der Waals surface area contributed by atoms with Gasteiger partial charge in [-0.15, -0.1) is 10.2 Å². The van der Waals surface area contributed by atoms with Crippen LogP contribution in [0.25, 0.3) is 16.7 Å². The molecule has 0 fully saturated rings. The molecule has 0 N–H and O–H groups in total. The van der Waals surface area contributed by atoms with E-state index in [1.54, 1.807) is 24.3 Å². The molecule has 0 aliphatic rings. The van der Waals surface area contributed by atoms with Crippen molar-refractivity contribution in [1.29, 1.82) is 0 Å². The second kappa shape index (κ2) is 4.96. The van der Waals surface area contributed by atoms with Gasteiger partial charge in [-0.05, 0) is 43.3 Å². The first-order valence-electron chi connectivity index (χ1n) is 6.76. The third kappa shape index (κ3) is 2.07. The lowest BCUT2D eigenvalue weighted by molar-refractivity contribution is 0.467. The number of benzene rings is 2. The van der Waals surface area contributed by atoms with Crippen LogP contribution in [0.1, 0.15) is 5.82 Å². The number of halogens is 1. The van der Waals surface area contributed by atoms with Crippen molar-refractivity contribution in [2.45, 2.75) is 6.92 Å². The standard InChI is InChI=1S/C16H11ClN4O/c1-10-19-20-15-16(22-12-8-6-11(17)7-9-12)18-13-4-2-3-5-14(13)21(10)15/h2-9H,1H3. The van der Waals surface area contributed by atoms with Gasteiger partial charge < -0.3 is 4.74 Å². The summed E-state index contributed by atoms with van der Waals surface area (Å²) in [6.45, 7) is 1.90. The summed E-state index contributed by atoms with van der Waals surface area (Å²) in [5.41, 5.74) is 2.36. The van der Waals surface area contributed by atoms with Gasteiger partial charge in [-0.3, -0.25) is 4.40 Å². The summed E-state index contributed by atoms with van der Waals surface area (Å²) >= 11 is 5.89. The number of hydrogen-bond donors (Lipinski definition) is 0. The van der Waals surface area contributed by atoms with Crippen LogP contribution in [0.2, 0.25) is 5.02 Å². The van der Waals surface area contributed by atoms with Gasteiger partial charge >= 0.3 is 0 Å². The van der Waals surface area contributed by atoms with Crippen LogP contribution in [0.4, 0.5) is 0 Å². The first-order chi connectivity index (χ1) is 10.7. The van der Waals surface area contributed by atoms with E-state index >= 15 is 0 Å². The molecule has 0 unspecified atom stereocenters. The highest BCUT2D eigenvalue weighted by Gasteiger charge is 2.14. The zero-order valence-corrected chi connectivity index (χ0v) is 12.4. The van der Waals surface area contributed by atoms with Crippen LogP contribution in [-0.2, 0) is 0 Å². The lowest BCUT2D eigenvalue weighted by Gasteiger charge is -2.08. The molecule has 0 saturated heterocycles. The van der Waals surface area contributed by atoms with Crippen LogP contribution >= 0.6 is 11.6 Å². The second-order valence-corrected chi connectivity index (χ2v) is 5.30. The minimum absolute atomic E-state index is 0.418. The molecule has 0 aliphatic heterocycles. The molecule has 0 atom stereocenters. The van der Waals surface area contributed by atoms with Gasteiger partial charge in [0, 0.05) is 5.02 Å². The van der Waals surface area contributed by atoms with E-state index in [9.17, 15) is 0 Å². The lowest BCUT2D eigenvalue weighted by Crippen LogP contribution is -1.98. The number of para-hydroxylation sites is 2. The molecule has 2 aromatic carbocycles. The maximum atomic E-state index is 5.89. The second-order valence-electron chi connectivity index (χ2n) is 4.87. The average molecular weight is 311 g/mol. The largest absolute Gasteiger partial charge is 0.436 e. The van der Waals surface area contributed by atoms with Crippen LogP contribution in [0.3, 0.4) is 0 Å². The molecule has 4 rings (SSSR count). The van der Waals surface area contributed by atoms with Crippen molar-refractivity contribution in [3.63, 3.8) is 0 Å². The fourth-order valence-electron chi connectivity index (χ4n) is 2.38. The fraction of sp³-hybridized carbons (Fsp3) is 0.0625. The molecule has 2 aromatic heterocycles. The molecule has 0 saturated carbocycles. The molecule has 22 heavy (non-hydrogen) atoms. The van der Waals surface area contributed by atoms with Crippen LogP contribution in [0.5, 0.6) is 11.6 Å². The lowest BCUT2D eigenvalue weighted by atomic mass is 10.3. The third-order valence-corrected chi connectivity index (χ3v) is 3.64. The smallest absolute Gasteiger partial charge is 0.266 e. The SMILES string of the molecule is Cc1nnc2c(Oc3ccc(Cl)cc3)nc3ccccc3n12. The molecule has 4 aromatic rings. The molecule has 0 bridgehead atoms. The number of aryl methyl sites for hydroxylation is 1. The highest BCUT2D eigenvalue weighted by Crippen LogP contribution is 2.27. The number of fused-ring (bicyclic) bond motifs is 3. The van der Waals surface area contributed by atoms with Gasteiger partial charge in [0.25, 0.3) is 5.88 Å². The van der Waals surface area contributed by atoms with E-state index < -0.39 is 0 Å². The van der Waals surface area contributed by atoms with Crippen LogP contribution in [0.15, 0.2) is 48.5 Å². The zero-order valence-electron chi connectivity index (χ0n) is 11.7. The number of hydrogen-bond acceptors (Lipinski definition) is 4. The van der Waals surface area contributed by atoms with E-state index in [1.165, 1.54) is 0 Å². The molecule has 0 radical (unpaired) electrons. The Morgan fingerprint density at radius 2 is 1.77 bits per heavy atom. The summed E-state index contributed by atoms with van der Waals surface area (Å²) < 4.78 is 7.81. The number of ether oxygens (including phenoxy) is 1. The van der Waals surface area contributed by atoms with Gasteiger partial charge in [0.05, 0.1) is 11.0 Å². The Balaban J connectivity index is 1.94. The van der Waals surface area contributed by atoms with Crippen molar-refractivity contribution < 1.29 is 4.74 Å². The van der Waals surface area contributed by atoms with E-state index in [2.05, 4.69) is 15.2 Å². The molecule has 6 heteroatoms. The fourth-order valence-corrected chi connectivity index (χ4v) is 2.51. The van der Waals surface area contributed by atoms with Gasteiger partial charge in [-0.2, -0.15) is 0 Å². The van der Waals surface area contributed by atoms with Gasteiger partial charge in [-0.25, -0.2) is 4.98 Å². The third-order valence-electron chi connectivity index (χ3n) is 3.39. The van der Waals surface area contributed by atoms with Crippen LogP contribution in [-0.4, -0.2) is 19.6 Å². The maximum absolute atomic E-state index is 5.89. The summed E-state index contributed by atoms with van der Waals surface area (Å²) in [5, 5.41) is 8.97. The minimum atomic E-state index is 0.418. The molecule has 0 amide bonds. The van der Waals surface area contributed by atoms with Crippen molar-refractivity contribution in [2.24, 2.45) is 0 Å². The quantitative estimate of drug-likeness (QED) is 0.561. The van der Waals surface area contributed by atoms with Gasteiger partial charge in [0.15, 0.2) is 0 Å². The summed E-state index contributed by atoms with van der Waals surface area (Å²) in [5.74, 6) is 1.85. The van der Waals surface area contributed by atoms with Crippen molar-refractivity contribution in [2.75, 3.05) is 0 Å². The Kier molecular flexibility index (Phi) is 2.94. The summed E-state index contributed by atoms with van der Waals surface area (Å²) in [7, 11) is 0. The minimum Gasteiger partial charge on any atom is -0.436 e. The monoisotopic (exact) mass is 310 g/mol. The molecule has 0 spiro atoms. The zero-order chi connectivity index (χ0) is 15.1. The number of rotatable bonds is 2. The van der Waals surface area contributed by atoms with Gasteiger partial charge in [0.1, 0.15) is 11.6 Å². The number of aromatic nitrogens is 4. The normalized spacial score (nSPS) is 11.2. The van der Waals surface area contributed by atoms with E-state index in [-0.39, 0.29) is 0 Å². The van der Waals surface area contributed by atoms with E-state index in [0.717, 1.165) is 16.9 Å². The van der Waals surface area contributed by atoms with E-state index in [1.807, 2.05) is 35.6 Å². The molecular weight excluding hydrogens is 300 g/mol.